The Morgan fingerprint density at radius 1 is 0.962 bits per heavy atom. The van der Waals surface area contributed by atoms with Gasteiger partial charge in [0.15, 0.2) is 0 Å². The molecule has 2 heterocycles. The zero-order chi connectivity index (χ0) is 18.4. The summed E-state index contributed by atoms with van der Waals surface area (Å²) in [5.74, 6) is 1.10. The van der Waals surface area contributed by atoms with E-state index in [2.05, 4.69) is 15.9 Å². The molecule has 0 radical (unpaired) electrons. The van der Waals surface area contributed by atoms with Gasteiger partial charge >= 0.3 is 0 Å². The molecule has 2 saturated heterocycles. The van der Waals surface area contributed by atoms with Gasteiger partial charge in [-0.3, -0.25) is 4.90 Å². The average molecular weight is 362 g/mol. The predicted molar refractivity (Wildman–Crippen MR) is 102 cm³/mol. The van der Waals surface area contributed by atoms with Crippen molar-refractivity contribution in [2.45, 2.75) is 12.8 Å². The summed E-state index contributed by atoms with van der Waals surface area (Å²) in [6.45, 7) is 6.52. The molecule has 2 aliphatic rings. The number of rotatable bonds is 7. The molecule has 144 valence electrons. The van der Waals surface area contributed by atoms with Crippen LogP contribution < -0.4 is 0 Å². The van der Waals surface area contributed by atoms with Crippen molar-refractivity contribution in [3.63, 3.8) is 0 Å². The number of hydrogen-bond acceptors (Lipinski definition) is 4. The monoisotopic (exact) mass is 362 g/mol. The Labute approximate surface area is 155 Å². The Morgan fingerprint density at radius 3 is 2.31 bits per heavy atom. The van der Waals surface area contributed by atoms with Crippen LogP contribution in [0.15, 0.2) is 30.3 Å². The maximum atomic E-state index is 12.9. The van der Waals surface area contributed by atoms with Crippen LogP contribution in [0.4, 0.5) is 4.39 Å². The molecular formula is C21H31FN2O2. The molecule has 2 atom stereocenters. The molecule has 0 amide bonds. The number of aliphatic hydroxyl groups excluding tert-OH is 2. The Morgan fingerprint density at radius 2 is 1.65 bits per heavy atom. The Bertz CT molecular complexity index is 570. The van der Waals surface area contributed by atoms with Gasteiger partial charge in [0.25, 0.3) is 0 Å². The second-order valence-electron chi connectivity index (χ2n) is 7.80. The quantitative estimate of drug-likeness (QED) is 0.780. The topological polar surface area (TPSA) is 46.9 Å². The average Bonchev–Trinajstić information content (AvgIpc) is 3.05. The number of likely N-dealkylation sites (tertiary alicyclic amines) is 2. The molecule has 1 aromatic rings. The zero-order valence-corrected chi connectivity index (χ0v) is 15.4. The highest BCUT2D eigenvalue weighted by Gasteiger charge is 2.33. The van der Waals surface area contributed by atoms with Gasteiger partial charge in [0.05, 0.1) is 0 Å². The smallest absolute Gasteiger partial charge is 0.123 e. The van der Waals surface area contributed by atoms with Crippen molar-refractivity contribution in [3.05, 3.63) is 41.7 Å². The summed E-state index contributed by atoms with van der Waals surface area (Å²) in [5.41, 5.74) is 1.01. The molecule has 0 aliphatic carbocycles. The van der Waals surface area contributed by atoms with Crippen LogP contribution in [0.2, 0.25) is 0 Å². The van der Waals surface area contributed by atoms with E-state index in [-0.39, 0.29) is 12.4 Å². The van der Waals surface area contributed by atoms with Gasteiger partial charge in [0, 0.05) is 39.4 Å². The van der Waals surface area contributed by atoms with Gasteiger partial charge < -0.3 is 15.1 Å². The lowest BCUT2D eigenvalue weighted by atomic mass is 9.93. The minimum absolute atomic E-state index is 0.210. The van der Waals surface area contributed by atoms with Gasteiger partial charge in [-0.2, -0.15) is 0 Å². The summed E-state index contributed by atoms with van der Waals surface area (Å²) in [5, 5.41) is 19.0. The molecule has 5 heteroatoms. The van der Waals surface area contributed by atoms with E-state index in [0.717, 1.165) is 57.7 Å². The van der Waals surface area contributed by atoms with E-state index in [1.165, 1.54) is 12.1 Å². The van der Waals surface area contributed by atoms with E-state index in [4.69, 9.17) is 0 Å². The lowest BCUT2D eigenvalue weighted by molar-refractivity contribution is 0.106. The molecule has 0 unspecified atom stereocenters. The number of halogens is 1. The number of hydrogen-bond donors (Lipinski definition) is 2. The third-order valence-electron chi connectivity index (χ3n) is 5.89. The van der Waals surface area contributed by atoms with E-state index in [9.17, 15) is 14.6 Å². The molecule has 4 nitrogen and oxygen atoms in total. The number of piperidine rings is 1. The third-order valence-corrected chi connectivity index (χ3v) is 5.89. The summed E-state index contributed by atoms with van der Waals surface area (Å²) in [7, 11) is 0. The summed E-state index contributed by atoms with van der Waals surface area (Å²) in [6, 6.07) is 6.52. The first-order valence-electron chi connectivity index (χ1n) is 9.76. The molecule has 0 aromatic heterocycles. The molecule has 2 aliphatic heterocycles. The lowest BCUT2D eigenvalue weighted by Gasteiger charge is -2.33. The van der Waals surface area contributed by atoms with Crippen molar-refractivity contribution in [3.8, 4) is 0 Å². The van der Waals surface area contributed by atoms with E-state index in [1.54, 1.807) is 12.1 Å². The molecule has 0 spiro atoms. The minimum atomic E-state index is -0.210. The molecule has 2 N–H and O–H groups in total. The number of aliphatic hydroxyl groups is 2. The number of nitrogens with zero attached hydrogens (tertiary/aromatic N) is 2. The van der Waals surface area contributed by atoms with Crippen LogP contribution in [0.5, 0.6) is 0 Å². The van der Waals surface area contributed by atoms with Crippen LogP contribution in [0.3, 0.4) is 0 Å². The first kappa shape index (κ1) is 19.5. The number of benzene rings is 1. The van der Waals surface area contributed by atoms with Crippen molar-refractivity contribution in [1.82, 2.24) is 9.80 Å². The van der Waals surface area contributed by atoms with Gasteiger partial charge in [-0.15, -0.1) is 0 Å². The highest BCUT2D eigenvalue weighted by molar-refractivity contribution is 5.48. The van der Waals surface area contributed by atoms with Crippen LogP contribution in [-0.2, 0) is 0 Å². The van der Waals surface area contributed by atoms with E-state index >= 15 is 0 Å². The maximum absolute atomic E-state index is 12.9. The first-order chi connectivity index (χ1) is 12.7. The molecule has 0 saturated carbocycles. The van der Waals surface area contributed by atoms with Crippen LogP contribution >= 0.6 is 0 Å². The molecule has 2 fully saturated rings. The molecule has 0 bridgehead atoms. The van der Waals surface area contributed by atoms with Gasteiger partial charge in [0.2, 0.25) is 0 Å². The molecular weight excluding hydrogens is 331 g/mol. The van der Waals surface area contributed by atoms with Gasteiger partial charge in [0.1, 0.15) is 5.82 Å². The van der Waals surface area contributed by atoms with Crippen LogP contribution in [0, 0.1) is 23.6 Å². The third kappa shape index (κ3) is 5.36. The van der Waals surface area contributed by atoms with Crippen molar-refractivity contribution in [1.29, 1.82) is 0 Å². The van der Waals surface area contributed by atoms with Crippen molar-refractivity contribution >= 4 is 6.08 Å². The lowest BCUT2D eigenvalue weighted by Crippen LogP contribution is -2.40. The molecule has 1 aromatic carbocycles. The largest absolute Gasteiger partial charge is 0.396 e. The Kier molecular flexibility index (Phi) is 7.20. The van der Waals surface area contributed by atoms with Gasteiger partial charge in [-0.05, 0) is 61.4 Å². The fourth-order valence-electron chi connectivity index (χ4n) is 4.19. The van der Waals surface area contributed by atoms with Crippen molar-refractivity contribution in [2.75, 3.05) is 52.5 Å². The first-order valence-corrected chi connectivity index (χ1v) is 9.76. The summed E-state index contributed by atoms with van der Waals surface area (Å²) in [6.07, 6.45) is 6.31. The SMILES string of the molecule is OCC1CCN(C[C@@H]2CN(C/C=C/c3ccc(F)cc3)C[C@@H]2CO)CC1. The summed E-state index contributed by atoms with van der Waals surface area (Å²) >= 11 is 0. The second-order valence-corrected chi connectivity index (χ2v) is 7.80. The molecule has 26 heavy (non-hydrogen) atoms. The fraction of sp³-hybridized carbons (Fsp3) is 0.619. The maximum Gasteiger partial charge on any atom is 0.123 e. The predicted octanol–water partition coefficient (Wildman–Crippen LogP) is 2.08. The van der Waals surface area contributed by atoms with Crippen LogP contribution in [0.1, 0.15) is 18.4 Å². The highest BCUT2D eigenvalue weighted by atomic mass is 19.1. The summed E-state index contributed by atoms with van der Waals surface area (Å²) in [4.78, 5) is 4.89. The van der Waals surface area contributed by atoms with Gasteiger partial charge in [-0.1, -0.05) is 24.3 Å². The molecule has 3 rings (SSSR count). The zero-order valence-electron chi connectivity index (χ0n) is 15.4. The normalized spacial score (nSPS) is 26.1. The standard InChI is InChI=1S/C21H31FN2O2/c22-21-5-3-17(4-6-21)2-1-9-24-13-19(20(14-24)16-26)12-23-10-7-18(15-25)8-11-23/h1-6,18-20,25-26H,7-16H2/b2-1+/t19-,20-/m1/s1. The van der Waals surface area contributed by atoms with Gasteiger partial charge in [-0.25, -0.2) is 4.39 Å². The Balaban J connectivity index is 1.46. The Hall–Kier alpha value is -1.27. The highest BCUT2D eigenvalue weighted by Crippen LogP contribution is 2.26. The fourth-order valence-corrected chi connectivity index (χ4v) is 4.19. The van der Waals surface area contributed by atoms with Crippen molar-refractivity contribution in [2.24, 2.45) is 17.8 Å². The van der Waals surface area contributed by atoms with E-state index in [0.29, 0.717) is 24.4 Å². The minimum Gasteiger partial charge on any atom is -0.396 e. The van der Waals surface area contributed by atoms with Crippen LogP contribution in [0.25, 0.3) is 6.08 Å². The van der Waals surface area contributed by atoms with Crippen LogP contribution in [-0.4, -0.2) is 72.5 Å². The second kappa shape index (κ2) is 9.60. The van der Waals surface area contributed by atoms with E-state index < -0.39 is 0 Å². The van der Waals surface area contributed by atoms with Crippen molar-refractivity contribution < 1.29 is 14.6 Å². The van der Waals surface area contributed by atoms with E-state index in [1.807, 2.05) is 6.08 Å². The summed E-state index contributed by atoms with van der Waals surface area (Å²) < 4.78 is 12.9.